The highest BCUT2D eigenvalue weighted by atomic mass is 32.1. The molecular weight excluding hydrogens is 196 g/mol. The molecule has 1 aromatic rings. The quantitative estimate of drug-likeness (QED) is 0.790. The number of hydrogen-bond acceptors (Lipinski definition) is 4. The molecule has 4 heteroatoms. The summed E-state index contributed by atoms with van der Waals surface area (Å²) < 4.78 is 5.15. The zero-order chi connectivity index (χ0) is 10.4. The molecule has 0 spiro atoms. The third-order valence-corrected chi connectivity index (χ3v) is 2.84. The summed E-state index contributed by atoms with van der Waals surface area (Å²) in [6.45, 7) is 4.93. The van der Waals surface area contributed by atoms with E-state index in [1.165, 1.54) is 0 Å². The second kappa shape index (κ2) is 5.98. The first-order valence-electron chi connectivity index (χ1n) is 4.93. The molecule has 0 aliphatic heterocycles. The van der Waals surface area contributed by atoms with Crippen LogP contribution in [0.15, 0.2) is 5.38 Å². The lowest BCUT2D eigenvalue weighted by atomic mass is 10.2. The van der Waals surface area contributed by atoms with Crippen LogP contribution >= 0.6 is 11.3 Å². The first kappa shape index (κ1) is 11.5. The lowest BCUT2D eigenvalue weighted by Gasteiger charge is -2.15. The SMILES string of the molecule is CCCC(COC)Nc1nc(C)cs1. The minimum Gasteiger partial charge on any atom is -0.383 e. The molecule has 1 rings (SSSR count). The normalized spacial score (nSPS) is 12.8. The Morgan fingerprint density at radius 1 is 1.64 bits per heavy atom. The first-order valence-corrected chi connectivity index (χ1v) is 5.81. The van der Waals surface area contributed by atoms with Crippen LogP contribution in [0.4, 0.5) is 5.13 Å². The summed E-state index contributed by atoms with van der Waals surface area (Å²) >= 11 is 1.65. The number of aryl methyl sites for hydroxylation is 1. The van der Waals surface area contributed by atoms with Crippen LogP contribution in [-0.2, 0) is 4.74 Å². The molecule has 0 amide bonds. The highest BCUT2D eigenvalue weighted by Crippen LogP contribution is 2.16. The van der Waals surface area contributed by atoms with E-state index in [-0.39, 0.29) is 0 Å². The van der Waals surface area contributed by atoms with E-state index in [0.717, 1.165) is 30.3 Å². The van der Waals surface area contributed by atoms with Crippen molar-refractivity contribution in [1.29, 1.82) is 0 Å². The van der Waals surface area contributed by atoms with E-state index < -0.39 is 0 Å². The summed E-state index contributed by atoms with van der Waals surface area (Å²) in [5, 5.41) is 6.44. The molecule has 1 unspecified atom stereocenters. The van der Waals surface area contributed by atoms with Crippen molar-refractivity contribution in [2.75, 3.05) is 19.0 Å². The molecule has 0 fully saturated rings. The van der Waals surface area contributed by atoms with Gasteiger partial charge in [0.25, 0.3) is 0 Å². The maximum Gasteiger partial charge on any atom is 0.183 e. The van der Waals surface area contributed by atoms with E-state index in [4.69, 9.17) is 4.74 Å². The molecule has 0 saturated heterocycles. The predicted molar refractivity (Wildman–Crippen MR) is 61.0 cm³/mol. The molecule has 0 bridgehead atoms. The third kappa shape index (κ3) is 3.64. The zero-order valence-corrected chi connectivity index (χ0v) is 9.86. The Morgan fingerprint density at radius 2 is 2.43 bits per heavy atom. The van der Waals surface area contributed by atoms with Gasteiger partial charge >= 0.3 is 0 Å². The summed E-state index contributed by atoms with van der Waals surface area (Å²) in [5.74, 6) is 0. The summed E-state index contributed by atoms with van der Waals surface area (Å²) in [6.07, 6.45) is 2.28. The summed E-state index contributed by atoms with van der Waals surface area (Å²) in [6, 6.07) is 0.385. The molecule has 0 saturated carbocycles. The second-order valence-corrected chi connectivity index (χ2v) is 4.24. The number of anilines is 1. The Kier molecular flexibility index (Phi) is 4.90. The minimum atomic E-state index is 0.385. The van der Waals surface area contributed by atoms with Gasteiger partial charge in [-0.15, -0.1) is 11.3 Å². The Morgan fingerprint density at radius 3 is 2.93 bits per heavy atom. The number of nitrogens with zero attached hydrogens (tertiary/aromatic N) is 1. The fourth-order valence-corrected chi connectivity index (χ4v) is 2.11. The maximum absolute atomic E-state index is 5.15. The Labute approximate surface area is 89.5 Å². The standard InChI is InChI=1S/C10H18N2OS/c1-4-5-9(6-13-3)12-10-11-8(2)7-14-10/h7,9H,4-6H2,1-3H3,(H,11,12). The summed E-state index contributed by atoms with van der Waals surface area (Å²) in [7, 11) is 1.73. The number of methoxy groups -OCH3 is 1. The summed E-state index contributed by atoms with van der Waals surface area (Å²) in [5.41, 5.74) is 1.07. The lowest BCUT2D eigenvalue weighted by Crippen LogP contribution is -2.24. The van der Waals surface area contributed by atoms with Gasteiger partial charge in [-0.05, 0) is 13.3 Å². The fourth-order valence-electron chi connectivity index (χ4n) is 1.34. The van der Waals surface area contributed by atoms with Gasteiger partial charge in [-0.1, -0.05) is 13.3 Å². The molecule has 0 aliphatic carbocycles. The van der Waals surface area contributed by atoms with Gasteiger partial charge in [0, 0.05) is 12.5 Å². The van der Waals surface area contributed by atoms with Crippen molar-refractivity contribution in [1.82, 2.24) is 4.98 Å². The van der Waals surface area contributed by atoms with Gasteiger partial charge in [-0.25, -0.2) is 4.98 Å². The van der Waals surface area contributed by atoms with Crippen LogP contribution in [0.25, 0.3) is 0 Å². The molecule has 80 valence electrons. The lowest BCUT2D eigenvalue weighted by molar-refractivity contribution is 0.182. The monoisotopic (exact) mass is 214 g/mol. The average molecular weight is 214 g/mol. The van der Waals surface area contributed by atoms with Crippen LogP contribution in [0.3, 0.4) is 0 Å². The molecule has 3 nitrogen and oxygen atoms in total. The molecule has 0 aliphatic rings. The van der Waals surface area contributed by atoms with E-state index in [9.17, 15) is 0 Å². The van der Waals surface area contributed by atoms with Crippen LogP contribution in [0, 0.1) is 6.92 Å². The fraction of sp³-hybridized carbons (Fsp3) is 0.700. The van der Waals surface area contributed by atoms with Crippen molar-refractivity contribution in [3.05, 3.63) is 11.1 Å². The summed E-state index contributed by atoms with van der Waals surface area (Å²) in [4.78, 5) is 4.37. The van der Waals surface area contributed by atoms with Crippen molar-refractivity contribution >= 4 is 16.5 Å². The highest BCUT2D eigenvalue weighted by molar-refractivity contribution is 7.13. The third-order valence-electron chi connectivity index (χ3n) is 1.95. The maximum atomic E-state index is 5.15. The topological polar surface area (TPSA) is 34.1 Å². The van der Waals surface area contributed by atoms with Crippen LogP contribution in [0.1, 0.15) is 25.5 Å². The number of thiazole rings is 1. The number of nitrogens with one attached hydrogen (secondary N) is 1. The Balaban J connectivity index is 2.46. The van der Waals surface area contributed by atoms with E-state index in [0.29, 0.717) is 6.04 Å². The molecule has 1 heterocycles. The van der Waals surface area contributed by atoms with Crippen LogP contribution < -0.4 is 5.32 Å². The van der Waals surface area contributed by atoms with Crippen molar-refractivity contribution in [2.24, 2.45) is 0 Å². The minimum absolute atomic E-state index is 0.385. The van der Waals surface area contributed by atoms with Crippen LogP contribution in [0.2, 0.25) is 0 Å². The first-order chi connectivity index (χ1) is 6.76. The van der Waals surface area contributed by atoms with Gasteiger partial charge in [0.1, 0.15) is 0 Å². The van der Waals surface area contributed by atoms with Crippen molar-refractivity contribution < 1.29 is 4.74 Å². The number of hydrogen-bond donors (Lipinski definition) is 1. The molecule has 14 heavy (non-hydrogen) atoms. The second-order valence-electron chi connectivity index (χ2n) is 3.38. The van der Waals surface area contributed by atoms with Crippen LogP contribution in [0.5, 0.6) is 0 Å². The predicted octanol–water partition coefficient (Wildman–Crippen LogP) is 2.68. The largest absolute Gasteiger partial charge is 0.383 e. The van der Waals surface area contributed by atoms with E-state index in [1.54, 1.807) is 18.4 Å². The number of rotatable bonds is 6. The highest BCUT2D eigenvalue weighted by Gasteiger charge is 2.08. The van der Waals surface area contributed by atoms with Crippen molar-refractivity contribution in [3.63, 3.8) is 0 Å². The molecule has 1 aromatic heterocycles. The Bertz CT molecular complexity index is 256. The van der Waals surface area contributed by atoms with E-state index >= 15 is 0 Å². The van der Waals surface area contributed by atoms with Gasteiger partial charge in [-0.2, -0.15) is 0 Å². The molecule has 0 radical (unpaired) electrons. The zero-order valence-electron chi connectivity index (χ0n) is 9.04. The van der Waals surface area contributed by atoms with Gasteiger partial charge in [0.05, 0.1) is 18.3 Å². The van der Waals surface area contributed by atoms with Gasteiger partial charge in [-0.3, -0.25) is 0 Å². The average Bonchev–Trinajstić information content (AvgIpc) is 2.52. The van der Waals surface area contributed by atoms with Gasteiger partial charge < -0.3 is 10.1 Å². The van der Waals surface area contributed by atoms with Gasteiger partial charge in [0.15, 0.2) is 5.13 Å². The smallest absolute Gasteiger partial charge is 0.183 e. The van der Waals surface area contributed by atoms with Crippen molar-refractivity contribution in [3.8, 4) is 0 Å². The Hall–Kier alpha value is -0.610. The van der Waals surface area contributed by atoms with Crippen LogP contribution in [-0.4, -0.2) is 24.7 Å². The molecule has 1 atom stereocenters. The van der Waals surface area contributed by atoms with Gasteiger partial charge in [0.2, 0.25) is 0 Å². The van der Waals surface area contributed by atoms with E-state index in [2.05, 4.69) is 22.6 Å². The van der Waals surface area contributed by atoms with Crippen molar-refractivity contribution in [2.45, 2.75) is 32.7 Å². The number of ether oxygens (including phenoxy) is 1. The molecule has 1 N–H and O–H groups in total. The molecule has 0 aromatic carbocycles. The number of aromatic nitrogens is 1. The molecular formula is C10H18N2OS. The van der Waals surface area contributed by atoms with E-state index in [1.807, 2.05) is 6.92 Å².